The van der Waals surface area contributed by atoms with Crippen molar-refractivity contribution in [1.29, 1.82) is 0 Å². The first kappa shape index (κ1) is 14.8. The molecule has 24 heavy (non-hydrogen) atoms. The lowest BCUT2D eigenvalue weighted by Gasteiger charge is -2.13. The van der Waals surface area contributed by atoms with Crippen LogP contribution in [0.25, 0.3) is 21.6 Å². The summed E-state index contributed by atoms with van der Waals surface area (Å²) in [5.74, 6) is 0.773. The Kier molecular flexibility index (Phi) is 3.70. The molecule has 4 rings (SSSR count). The van der Waals surface area contributed by atoms with Crippen molar-refractivity contribution in [3.8, 4) is 10.6 Å². The fourth-order valence-corrected chi connectivity index (χ4v) is 3.74. The van der Waals surface area contributed by atoms with Crippen molar-refractivity contribution in [1.82, 2.24) is 25.1 Å². The number of hydrogen-bond donors (Lipinski definition) is 2. The van der Waals surface area contributed by atoms with Gasteiger partial charge in [0.15, 0.2) is 5.65 Å². The molecule has 0 saturated heterocycles. The van der Waals surface area contributed by atoms with Crippen LogP contribution in [0.15, 0.2) is 42.9 Å². The fourth-order valence-electron chi connectivity index (χ4n) is 2.66. The second-order valence-corrected chi connectivity index (χ2v) is 6.59. The first-order chi connectivity index (χ1) is 11.7. The molecule has 0 aliphatic heterocycles. The van der Waals surface area contributed by atoms with E-state index in [1.807, 2.05) is 25.1 Å². The van der Waals surface area contributed by atoms with E-state index in [0.29, 0.717) is 0 Å². The van der Waals surface area contributed by atoms with E-state index in [-0.39, 0.29) is 6.04 Å². The Morgan fingerprint density at radius 2 is 2.00 bits per heavy atom. The summed E-state index contributed by atoms with van der Waals surface area (Å²) >= 11 is 1.71. The molecule has 0 fully saturated rings. The van der Waals surface area contributed by atoms with Crippen LogP contribution in [0, 0.1) is 6.92 Å². The molecule has 0 spiro atoms. The third-order valence-corrected chi connectivity index (χ3v) is 5.24. The normalized spacial score (nSPS) is 12.4. The lowest BCUT2D eigenvalue weighted by molar-refractivity contribution is 0.881. The number of nitrogens with zero attached hydrogens (tertiary/aromatic N) is 4. The Balaban J connectivity index is 1.64. The minimum Gasteiger partial charge on any atom is -0.362 e. The van der Waals surface area contributed by atoms with Gasteiger partial charge in [-0.1, -0.05) is 30.3 Å². The summed E-state index contributed by atoms with van der Waals surface area (Å²) < 4.78 is 0. The number of thiazole rings is 1. The van der Waals surface area contributed by atoms with Gasteiger partial charge in [0.25, 0.3) is 0 Å². The van der Waals surface area contributed by atoms with E-state index >= 15 is 0 Å². The summed E-state index contributed by atoms with van der Waals surface area (Å²) in [7, 11) is 0. The highest BCUT2D eigenvalue weighted by Gasteiger charge is 2.17. The highest BCUT2D eigenvalue weighted by molar-refractivity contribution is 7.15. The van der Waals surface area contributed by atoms with Crippen molar-refractivity contribution in [2.75, 3.05) is 5.32 Å². The lowest BCUT2D eigenvalue weighted by atomic mass is 10.2. The average Bonchev–Trinajstić information content (AvgIpc) is 3.23. The Morgan fingerprint density at radius 3 is 2.83 bits per heavy atom. The second kappa shape index (κ2) is 6.01. The lowest BCUT2D eigenvalue weighted by Crippen LogP contribution is -2.08. The Bertz CT molecular complexity index is 975. The highest BCUT2D eigenvalue weighted by atomic mass is 32.1. The monoisotopic (exact) mass is 336 g/mol. The zero-order valence-electron chi connectivity index (χ0n) is 13.3. The maximum absolute atomic E-state index is 4.72. The second-order valence-electron chi connectivity index (χ2n) is 5.56. The van der Waals surface area contributed by atoms with Crippen molar-refractivity contribution in [3.05, 3.63) is 53.4 Å². The molecule has 4 aromatic rings. The van der Waals surface area contributed by atoms with Gasteiger partial charge < -0.3 is 5.32 Å². The molecule has 0 radical (unpaired) electrons. The van der Waals surface area contributed by atoms with Crippen LogP contribution in [0.1, 0.15) is 23.5 Å². The van der Waals surface area contributed by atoms with Crippen LogP contribution < -0.4 is 5.32 Å². The fraction of sp³-hybridized carbons (Fsp3) is 0.176. The Hall–Kier alpha value is -2.80. The van der Waals surface area contributed by atoms with Crippen molar-refractivity contribution in [2.45, 2.75) is 19.9 Å². The van der Waals surface area contributed by atoms with E-state index in [1.165, 1.54) is 11.2 Å². The molecular formula is C17H16N6S. The highest BCUT2D eigenvalue weighted by Crippen LogP contribution is 2.33. The summed E-state index contributed by atoms with van der Waals surface area (Å²) in [5.41, 5.74) is 2.91. The molecule has 1 aromatic carbocycles. The van der Waals surface area contributed by atoms with Gasteiger partial charge in [-0.2, -0.15) is 5.10 Å². The van der Waals surface area contributed by atoms with E-state index in [0.717, 1.165) is 33.1 Å². The number of aryl methyl sites for hydroxylation is 1. The molecule has 6 nitrogen and oxygen atoms in total. The summed E-state index contributed by atoms with van der Waals surface area (Å²) in [6.07, 6.45) is 3.27. The zero-order valence-corrected chi connectivity index (χ0v) is 14.1. The summed E-state index contributed by atoms with van der Waals surface area (Å²) in [6, 6.07) is 10.3. The topological polar surface area (TPSA) is 79.4 Å². The van der Waals surface area contributed by atoms with Crippen molar-refractivity contribution in [2.24, 2.45) is 0 Å². The molecule has 1 atom stereocenters. The van der Waals surface area contributed by atoms with Gasteiger partial charge in [0.1, 0.15) is 17.2 Å². The molecule has 0 amide bonds. The largest absolute Gasteiger partial charge is 0.362 e. The maximum Gasteiger partial charge on any atom is 0.160 e. The number of fused-ring (bicyclic) bond motifs is 1. The van der Waals surface area contributed by atoms with Gasteiger partial charge >= 0.3 is 0 Å². The summed E-state index contributed by atoms with van der Waals surface area (Å²) in [5, 5.41) is 12.3. The SMILES string of the molecule is Cc1nc(-c2ccccc2)sc1C(C)Nc1ncnc2[nH]ncc12. The first-order valence-electron chi connectivity index (χ1n) is 7.65. The number of rotatable bonds is 4. The number of H-pyrrole nitrogens is 1. The van der Waals surface area contributed by atoms with E-state index in [2.05, 4.69) is 44.5 Å². The molecule has 120 valence electrons. The molecule has 3 aromatic heterocycles. The Morgan fingerprint density at radius 1 is 1.17 bits per heavy atom. The van der Waals surface area contributed by atoms with Crippen molar-refractivity contribution < 1.29 is 0 Å². The van der Waals surface area contributed by atoms with Gasteiger partial charge in [-0.05, 0) is 13.8 Å². The number of aromatic nitrogens is 5. The molecule has 7 heteroatoms. The van der Waals surface area contributed by atoms with E-state index in [4.69, 9.17) is 4.98 Å². The first-order valence-corrected chi connectivity index (χ1v) is 8.47. The van der Waals surface area contributed by atoms with Gasteiger partial charge in [-0.15, -0.1) is 11.3 Å². The Labute approximate surface area is 143 Å². The molecule has 0 saturated carbocycles. The zero-order chi connectivity index (χ0) is 16.5. The van der Waals surface area contributed by atoms with Crippen molar-refractivity contribution >= 4 is 28.2 Å². The van der Waals surface area contributed by atoms with Crippen LogP contribution in [-0.4, -0.2) is 25.1 Å². The summed E-state index contributed by atoms with van der Waals surface area (Å²) in [6.45, 7) is 4.16. The van der Waals surface area contributed by atoms with Crippen LogP contribution in [-0.2, 0) is 0 Å². The molecule has 3 heterocycles. The van der Waals surface area contributed by atoms with E-state index in [9.17, 15) is 0 Å². The summed E-state index contributed by atoms with van der Waals surface area (Å²) in [4.78, 5) is 14.4. The molecule has 2 N–H and O–H groups in total. The number of anilines is 1. The smallest absolute Gasteiger partial charge is 0.160 e. The van der Waals surface area contributed by atoms with Gasteiger partial charge in [-0.25, -0.2) is 15.0 Å². The van der Waals surface area contributed by atoms with Gasteiger partial charge in [0, 0.05) is 10.4 Å². The average molecular weight is 336 g/mol. The molecule has 0 aliphatic rings. The van der Waals surface area contributed by atoms with Crippen LogP contribution in [0.4, 0.5) is 5.82 Å². The van der Waals surface area contributed by atoms with E-state index in [1.54, 1.807) is 17.5 Å². The quantitative estimate of drug-likeness (QED) is 0.590. The predicted octanol–water partition coefficient (Wildman–Crippen LogP) is 3.96. The van der Waals surface area contributed by atoms with Gasteiger partial charge in [-0.3, -0.25) is 5.10 Å². The minimum absolute atomic E-state index is 0.0907. The van der Waals surface area contributed by atoms with Gasteiger partial charge in [0.05, 0.1) is 23.3 Å². The van der Waals surface area contributed by atoms with E-state index < -0.39 is 0 Å². The predicted molar refractivity (Wildman–Crippen MR) is 96.0 cm³/mol. The molecule has 0 aliphatic carbocycles. The minimum atomic E-state index is 0.0907. The number of benzene rings is 1. The molecule has 0 bridgehead atoms. The standard InChI is InChI=1S/C17H16N6S/c1-10(21-15-13-8-20-23-16(13)19-9-18-15)14-11(2)22-17(24-14)12-6-4-3-5-7-12/h3-10H,1-2H3,(H2,18,19,20,21,23). The van der Waals surface area contributed by atoms with Crippen LogP contribution in [0.3, 0.4) is 0 Å². The number of hydrogen-bond acceptors (Lipinski definition) is 6. The third-order valence-electron chi connectivity index (χ3n) is 3.85. The van der Waals surface area contributed by atoms with Crippen molar-refractivity contribution in [3.63, 3.8) is 0 Å². The van der Waals surface area contributed by atoms with Crippen LogP contribution >= 0.6 is 11.3 Å². The molecule has 1 unspecified atom stereocenters. The van der Waals surface area contributed by atoms with Gasteiger partial charge in [0.2, 0.25) is 0 Å². The number of aromatic amines is 1. The molecular weight excluding hydrogens is 320 g/mol. The van der Waals surface area contributed by atoms with Crippen LogP contribution in [0.5, 0.6) is 0 Å². The maximum atomic E-state index is 4.72. The third kappa shape index (κ3) is 2.63. The van der Waals surface area contributed by atoms with Crippen LogP contribution in [0.2, 0.25) is 0 Å². The number of nitrogens with one attached hydrogen (secondary N) is 2.